The maximum absolute atomic E-state index is 4.67. The Hall–Kier alpha value is -0.920. The average molecular weight is 276 g/mol. The van der Waals surface area contributed by atoms with Gasteiger partial charge in [0.25, 0.3) is 0 Å². The van der Waals surface area contributed by atoms with Crippen LogP contribution in [0.1, 0.15) is 90.4 Å². The maximum Gasteiger partial charge on any atom is 0.134 e. The Morgan fingerprint density at radius 3 is 1.75 bits per heavy atom. The van der Waals surface area contributed by atoms with Gasteiger partial charge in [-0.25, -0.2) is 9.97 Å². The second-order valence-electron chi connectivity index (χ2n) is 6.24. The molecule has 0 aliphatic carbocycles. The third-order valence-corrected chi connectivity index (χ3v) is 4.32. The summed E-state index contributed by atoms with van der Waals surface area (Å²) in [6.45, 7) is 9.04. The Labute approximate surface area is 125 Å². The van der Waals surface area contributed by atoms with Gasteiger partial charge in [-0.05, 0) is 24.8 Å². The highest BCUT2D eigenvalue weighted by Gasteiger charge is 2.28. The second kappa shape index (κ2) is 9.10. The summed E-state index contributed by atoms with van der Waals surface area (Å²) in [6, 6.07) is 0. The molecule has 0 aliphatic rings. The van der Waals surface area contributed by atoms with Crippen molar-refractivity contribution in [3.05, 3.63) is 23.8 Å². The molecule has 0 saturated carbocycles. The van der Waals surface area contributed by atoms with Crippen LogP contribution in [-0.2, 0) is 11.8 Å². The SMILES string of the molecule is CCCCCC(C)(CCCCC)c1ncc(CC)cn1. The van der Waals surface area contributed by atoms with Crippen molar-refractivity contribution in [2.45, 2.75) is 90.9 Å². The fourth-order valence-electron chi connectivity index (χ4n) is 2.73. The summed E-state index contributed by atoms with van der Waals surface area (Å²) >= 11 is 0. The first-order valence-corrected chi connectivity index (χ1v) is 8.47. The molecule has 1 aromatic rings. The Balaban J connectivity index is 2.77. The molecule has 0 atom stereocenters. The quantitative estimate of drug-likeness (QED) is 0.530. The Morgan fingerprint density at radius 1 is 0.850 bits per heavy atom. The standard InChI is InChI=1S/C18H32N2/c1-5-8-10-12-18(4,13-11-9-6-2)17-19-14-16(7-3)15-20-17/h14-15H,5-13H2,1-4H3. The van der Waals surface area contributed by atoms with E-state index >= 15 is 0 Å². The van der Waals surface area contributed by atoms with Crippen molar-refractivity contribution in [2.75, 3.05) is 0 Å². The van der Waals surface area contributed by atoms with Crippen LogP contribution < -0.4 is 0 Å². The number of aromatic nitrogens is 2. The van der Waals surface area contributed by atoms with Crippen molar-refractivity contribution < 1.29 is 0 Å². The van der Waals surface area contributed by atoms with Gasteiger partial charge >= 0.3 is 0 Å². The van der Waals surface area contributed by atoms with Gasteiger partial charge in [0, 0.05) is 17.8 Å². The maximum atomic E-state index is 4.67. The topological polar surface area (TPSA) is 25.8 Å². The molecule has 0 unspecified atom stereocenters. The molecule has 1 rings (SSSR count). The number of rotatable bonds is 10. The van der Waals surface area contributed by atoms with E-state index in [4.69, 9.17) is 0 Å². The van der Waals surface area contributed by atoms with Crippen molar-refractivity contribution in [3.63, 3.8) is 0 Å². The molecule has 0 bridgehead atoms. The van der Waals surface area contributed by atoms with Gasteiger partial charge in [-0.1, -0.05) is 66.2 Å². The lowest BCUT2D eigenvalue weighted by Crippen LogP contribution is -2.25. The van der Waals surface area contributed by atoms with E-state index in [1.165, 1.54) is 56.9 Å². The van der Waals surface area contributed by atoms with Crippen LogP contribution in [0.25, 0.3) is 0 Å². The minimum Gasteiger partial charge on any atom is -0.241 e. The molecule has 0 amide bonds. The van der Waals surface area contributed by atoms with E-state index in [-0.39, 0.29) is 5.41 Å². The van der Waals surface area contributed by atoms with Crippen LogP contribution in [0, 0.1) is 0 Å². The predicted octanol–water partition coefficient (Wildman–Crippen LogP) is 5.46. The van der Waals surface area contributed by atoms with E-state index in [1.807, 2.05) is 12.4 Å². The summed E-state index contributed by atoms with van der Waals surface area (Å²) in [7, 11) is 0. The van der Waals surface area contributed by atoms with E-state index in [1.54, 1.807) is 0 Å². The molecule has 0 radical (unpaired) electrons. The molecule has 0 aromatic carbocycles. The monoisotopic (exact) mass is 276 g/mol. The third-order valence-electron chi connectivity index (χ3n) is 4.32. The van der Waals surface area contributed by atoms with E-state index in [0.29, 0.717) is 0 Å². The van der Waals surface area contributed by atoms with E-state index in [0.717, 1.165) is 12.2 Å². The van der Waals surface area contributed by atoms with Crippen molar-refractivity contribution in [1.29, 1.82) is 0 Å². The lowest BCUT2D eigenvalue weighted by molar-refractivity contribution is 0.348. The molecule has 2 heteroatoms. The van der Waals surface area contributed by atoms with Crippen LogP contribution in [0.2, 0.25) is 0 Å². The summed E-state index contributed by atoms with van der Waals surface area (Å²) in [5.74, 6) is 1.06. The molecule has 1 aromatic heterocycles. The molecular formula is C18H32N2. The zero-order valence-corrected chi connectivity index (χ0v) is 13.9. The van der Waals surface area contributed by atoms with Crippen LogP contribution in [0.15, 0.2) is 12.4 Å². The number of unbranched alkanes of at least 4 members (excludes halogenated alkanes) is 4. The van der Waals surface area contributed by atoms with Crippen LogP contribution in [-0.4, -0.2) is 9.97 Å². The van der Waals surface area contributed by atoms with Crippen molar-refractivity contribution >= 4 is 0 Å². The van der Waals surface area contributed by atoms with Gasteiger partial charge in [0.2, 0.25) is 0 Å². The number of hydrogen-bond donors (Lipinski definition) is 0. The Bertz CT molecular complexity index is 346. The average Bonchev–Trinajstić information content (AvgIpc) is 2.48. The molecular weight excluding hydrogens is 244 g/mol. The van der Waals surface area contributed by atoms with E-state index in [2.05, 4.69) is 37.7 Å². The van der Waals surface area contributed by atoms with Crippen molar-refractivity contribution in [1.82, 2.24) is 9.97 Å². The number of hydrogen-bond acceptors (Lipinski definition) is 2. The molecule has 0 aliphatic heterocycles. The smallest absolute Gasteiger partial charge is 0.134 e. The van der Waals surface area contributed by atoms with Crippen molar-refractivity contribution in [3.8, 4) is 0 Å². The van der Waals surface area contributed by atoms with Gasteiger partial charge in [-0.3, -0.25) is 0 Å². The lowest BCUT2D eigenvalue weighted by atomic mass is 9.79. The zero-order valence-electron chi connectivity index (χ0n) is 13.9. The fourth-order valence-corrected chi connectivity index (χ4v) is 2.73. The van der Waals surface area contributed by atoms with E-state index in [9.17, 15) is 0 Å². The first kappa shape index (κ1) is 17.1. The van der Waals surface area contributed by atoms with E-state index < -0.39 is 0 Å². The van der Waals surface area contributed by atoms with Crippen LogP contribution in [0.3, 0.4) is 0 Å². The first-order chi connectivity index (χ1) is 9.66. The number of nitrogens with zero attached hydrogens (tertiary/aromatic N) is 2. The molecule has 0 N–H and O–H groups in total. The summed E-state index contributed by atoms with van der Waals surface area (Å²) in [6.07, 6.45) is 15.2. The van der Waals surface area contributed by atoms with Crippen LogP contribution in [0.4, 0.5) is 0 Å². The van der Waals surface area contributed by atoms with Crippen molar-refractivity contribution in [2.24, 2.45) is 0 Å². The van der Waals surface area contributed by atoms with Crippen LogP contribution >= 0.6 is 0 Å². The lowest BCUT2D eigenvalue weighted by Gasteiger charge is -2.28. The zero-order chi connectivity index (χ0) is 14.8. The first-order valence-electron chi connectivity index (χ1n) is 8.47. The largest absolute Gasteiger partial charge is 0.241 e. The molecule has 2 nitrogen and oxygen atoms in total. The third kappa shape index (κ3) is 5.22. The minimum absolute atomic E-state index is 0.163. The highest BCUT2D eigenvalue weighted by molar-refractivity contribution is 5.11. The Morgan fingerprint density at radius 2 is 1.35 bits per heavy atom. The number of aryl methyl sites for hydroxylation is 1. The minimum atomic E-state index is 0.163. The van der Waals surface area contributed by atoms with Gasteiger partial charge < -0.3 is 0 Å². The normalized spacial score (nSPS) is 11.8. The Kier molecular flexibility index (Phi) is 7.79. The van der Waals surface area contributed by atoms with Gasteiger partial charge in [0.15, 0.2) is 0 Å². The van der Waals surface area contributed by atoms with Gasteiger partial charge in [-0.15, -0.1) is 0 Å². The molecule has 0 spiro atoms. The van der Waals surface area contributed by atoms with Crippen LogP contribution in [0.5, 0.6) is 0 Å². The summed E-state index contributed by atoms with van der Waals surface area (Å²) in [5, 5.41) is 0. The molecule has 0 saturated heterocycles. The molecule has 1 heterocycles. The molecule has 20 heavy (non-hydrogen) atoms. The van der Waals surface area contributed by atoms with Gasteiger partial charge in [0.1, 0.15) is 5.82 Å². The highest BCUT2D eigenvalue weighted by atomic mass is 14.9. The molecule has 0 fully saturated rings. The second-order valence-corrected chi connectivity index (χ2v) is 6.24. The predicted molar refractivity (Wildman–Crippen MR) is 87.0 cm³/mol. The van der Waals surface area contributed by atoms with Gasteiger partial charge in [0.05, 0.1) is 0 Å². The molecule has 114 valence electrons. The highest BCUT2D eigenvalue weighted by Crippen LogP contribution is 2.33. The fraction of sp³-hybridized carbons (Fsp3) is 0.778. The summed E-state index contributed by atoms with van der Waals surface area (Å²) in [5.41, 5.74) is 1.40. The summed E-state index contributed by atoms with van der Waals surface area (Å²) in [4.78, 5) is 9.34. The summed E-state index contributed by atoms with van der Waals surface area (Å²) < 4.78 is 0. The van der Waals surface area contributed by atoms with Gasteiger partial charge in [-0.2, -0.15) is 0 Å².